The molecule has 0 N–H and O–H groups in total. The van der Waals surface area contributed by atoms with Gasteiger partial charge < -0.3 is 0 Å². The molecule has 0 bridgehead atoms. The van der Waals surface area contributed by atoms with E-state index in [-0.39, 0.29) is 0 Å². The monoisotopic (exact) mass is 323 g/mol. The van der Waals surface area contributed by atoms with Crippen molar-refractivity contribution in [3.8, 4) is 22.4 Å². The lowest BCUT2D eigenvalue weighted by Gasteiger charge is -2.10. The molecule has 0 amide bonds. The maximum Gasteiger partial charge on any atom is 0.0702 e. The fourth-order valence-corrected chi connectivity index (χ4v) is 2.84. The molecule has 0 aliphatic heterocycles. The molecule has 0 unspecified atom stereocenters. The van der Waals surface area contributed by atoms with Gasteiger partial charge in [0.2, 0.25) is 0 Å². The fraction of sp³-hybridized carbons (Fsp3) is 0.0556. The second-order valence-electron chi connectivity index (χ2n) is 4.72. The van der Waals surface area contributed by atoms with E-state index in [4.69, 9.17) is 0 Å². The third-order valence-corrected chi connectivity index (χ3v) is 4.04. The van der Waals surface area contributed by atoms with Crippen LogP contribution < -0.4 is 0 Å². The lowest BCUT2D eigenvalue weighted by atomic mass is 9.97. The molecule has 0 spiro atoms. The third-order valence-electron chi connectivity index (χ3n) is 3.35. The normalized spacial score (nSPS) is 10.5. The average molecular weight is 324 g/mol. The van der Waals surface area contributed by atoms with Gasteiger partial charge >= 0.3 is 0 Å². The van der Waals surface area contributed by atoms with E-state index in [2.05, 4.69) is 64.2 Å². The predicted octanol–water partition coefficient (Wildman–Crippen LogP) is 5.49. The summed E-state index contributed by atoms with van der Waals surface area (Å²) in [5.41, 5.74) is 5.88. The van der Waals surface area contributed by atoms with E-state index in [0.29, 0.717) is 0 Å². The molecule has 3 aromatic rings. The van der Waals surface area contributed by atoms with Gasteiger partial charge in [0.25, 0.3) is 0 Å². The first-order valence-electron chi connectivity index (χ1n) is 6.52. The number of halogens is 1. The summed E-state index contributed by atoms with van der Waals surface area (Å²) >= 11 is 3.62. The van der Waals surface area contributed by atoms with E-state index < -0.39 is 0 Å². The van der Waals surface area contributed by atoms with Gasteiger partial charge in [-0.05, 0) is 47.9 Å². The van der Waals surface area contributed by atoms with Crippen LogP contribution in [-0.4, -0.2) is 4.98 Å². The second kappa shape index (κ2) is 5.59. The van der Waals surface area contributed by atoms with Crippen LogP contribution in [-0.2, 0) is 0 Å². The SMILES string of the molecule is Cc1cc(-c2ccccn2)ccc1-c1ccccc1Br. The van der Waals surface area contributed by atoms with Gasteiger partial charge in [-0.15, -0.1) is 0 Å². The minimum absolute atomic E-state index is 1.01. The Labute approximate surface area is 127 Å². The van der Waals surface area contributed by atoms with E-state index in [0.717, 1.165) is 15.7 Å². The van der Waals surface area contributed by atoms with Crippen LogP contribution in [0.3, 0.4) is 0 Å². The van der Waals surface area contributed by atoms with Crippen molar-refractivity contribution in [3.63, 3.8) is 0 Å². The number of aryl methyl sites for hydroxylation is 1. The smallest absolute Gasteiger partial charge is 0.0702 e. The lowest BCUT2D eigenvalue weighted by molar-refractivity contribution is 1.32. The number of nitrogens with zero attached hydrogens (tertiary/aromatic N) is 1. The molecule has 3 rings (SSSR count). The van der Waals surface area contributed by atoms with Crippen LogP contribution in [0.5, 0.6) is 0 Å². The zero-order valence-electron chi connectivity index (χ0n) is 11.2. The van der Waals surface area contributed by atoms with Crippen molar-refractivity contribution in [1.29, 1.82) is 0 Å². The van der Waals surface area contributed by atoms with Gasteiger partial charge in [0.1, 0.15) is 0 Å². The van der Waals surface area contributed by atoms with Gasteiger partial charge in [-0.25, -0.2) is 0 Å². The Morgan fingerprint density at radius 3 is 2.35 bits per heavy atom. The molecule has 0 saturated heterocycles. The largest absolute Gasteiger partial charge is 0.256 e. The molecular weight excluding hydrogens is 310 g/mol. The summed E-state index contributed by atoms with van der Waals surface area (Å²) in [7, 11) is 0. The molecular formula is C18H14BrN. The molecule has 0 aliphatic rings. The van der Waals surface area contributed by atoms with Gasteiger partial charge in [0.15, 0.2) is 0 Å². The quantitative estimate of drug-likeness (QED) is 0.608. The molecule has 20 heavy (non-hydrogen) atoms. The maximum atomic E-state index is 4.40. The molecule has 0 radical (unpaired) electrons. The Bertz CT molecular complexity index is 735. The summed E-state index contributed by atoms with van der Waals surface area (Å²) in [4.78, 5) is 4.40. The zero-order valence-corrected chi connectivity index (χ0v) is 12.8. The summed E-state index contributed by atoms with van der Waals surface area (Å²) < 4.78 is 1.12. The third kappa shape index (κ3) is 2.52. The zero-order chi connectivity index (χ0) is 13.9. The van der Waals surface area contributed by atoms with Gasteiger partial charge in [0.05, 0.1) is 5.69 Å². The van der Waals surface area contributed by atoms with E-state index >= 15 is 0 Å². The van der Waals surface area contributed by atoms with Gasteiger partial charge in [-0.2, -0.15) is 0 Å². The van der Waals surface area contributed by atoms with E-state index in [1.165, 1.54) is 16.7 Å². The summed E-state index contributed by atoms with van der Waals surface area (Å²) in [5.74, 6) is 0. The van der Waals surface area contributed by atoms with E-state index in [1.54, 1.807) is 0 Å². The van der Waals surface area contributed by atoms with Gasteiger partial charge in [-0.1, -0.05) is 52.3 Å². The van der Waals surface area contributed by atoms with Crippen molar-refractivity contribution in [3.05, 3.63) is 76.9 Å². The molecule has 1 aromatic heterocycles. The van der Waals surface area contributed by atoms with E-state index in [9.17, 15) is 0 Å². The molecule has 0 atom stereocenters. The number of aromatic nitrogens is 1. The Morgan fingerprint density at radius 2 is 1.65 bits per heavy atom. The number of hydrogen-bond acceptors (Lipinski definition) is 1. The Morgan fingerprint density at radius 1 is 0.850 bits per heavy atom. The van der Waals surface area contributed by atoms with Crippen LogP contribution in [0.15, 0.2) is 71.3 Å². The summed E-state index contributed by atoms with van der Waals surface area (Å²) in [6, 6.07) is 20.8. The standard InChI is InChI=1S/C18H14BrN/c1-13-12-14(18-8-4-5-11-20-18)9-10-15(13)16-6-2-3-7-17(16)19/h2-12H,1H3. The van der Waals surface area contributed by atoms with Crippen molar-refractivity contribution in [1.82, 2.24) is 4.98 Å². The molecule has 2 heteroatoms. The minimum atomic E-state index is 1.01. The number of benzene rings is 2. The summed E-state index contributed by atoms with van der Waals surface area (Å²) in [5, 5.41) is 0. The minimum Gasteiger partial charge on any atom is -0.256 e. The number of hydrogen-bond donors (Lipinski definition) is 0. The molecule has 0 aliphatic carbocycles. The fourth-order valence-electron chi connectivity index (χ4n) is 2.34. The average Bonchev–Trinajstić information content (AvgIpc) is 2.49. The van der Waals surface area contributed by atoms with Crippen LogP contribution >= 0.6 is 15.9 Å². The van der Waals surface area contributed by atoms with Crippen LogP contribution in [0.1, 0.15) is 5.56 Å². The van der Waals surface area contributed by atoms with E-state index in [1.807, 2.05) is 30.5 Å². The first-order valence-corrected chi connectivity index (χ1v) is 7.32. The Balaban J connectivity index is 2.07. The Hall–Kier alpha value is -1.93. The highest BCUT2D eigenvalue weighted by Crippen LogP contribution is 2.32. The highest BCUT2D eigenvalue weighted by atomic mass is 79.9. The Kier molecular flexibility index (Phi) is 3.66. The molecule has 0 saturated carbocycles. The molecule has 0 fully saturated rings. The first kappa shape index (κ1) is 13.1. The molecule has 2 aromatic carbocycles. The van der Waals surface area contributed by atoms with Crippen molar-refractivity contribution >= 4 is 15.9 Å². The highest BCUT2D eigenvalue weighted by molar-refractivity contribution is 9.10. The lowest BCUT2D eigenvalue weighted by Crippen LogP contribution is -1.88. The van der Waals surface area contributed by atoms with Crippen LogP contribution in [0.25, 0.3) is 22.4 Å². The van der Waals surface area contributed by atoms with Gasteiger partial charge in [-0.3, -0.25) is 4.98 Å². The topological polar surface area (TPSA) is 12.9 Å². The maximum absolute atomic E-state index is 4.40. The number of pyridine rings is 1. The predicted molar refractivity (Wildman–Crippen MR) is 87.5 cm³/mol. The van der Waals surface area contributed by atoms with Crippen molar-refractivity contribution < 1.29 is 0 Å². The molecule has 1 heterocycles. The van der Waals surface area contributed by atoms with Crippen molar-refractivity contribution in [2.45, 2.75) is 6.92 Å². The molecule has 1 nitrogen and oxygen atoms in total. The first-order chi connectivity index (χ1) is 9.75. The second-order valence-corrected chi connectivity index (χ2v) is 5.58. The van der Waals surface area contributed by atoms with Crippen LogP contribution in [0, 0.1) is 6.92 Å². The van der Waals surface area contributed by atoms with Crippen LogP contribution in [0.2, 0.25) is 0 Å². The summed E-state index contributed by atoms with van der Waals surface area (Å²) in [6.45, 7) is 2.14. The number of rotatable bonds is 2. The highest BCUT2D eigenvalue weighted by Gasteiger charge is 2.07. The summed E-state index contributed by atoms with van der Waals surface area (Å²) in [6.07, 6.45) is 1.83. The van der Waals surface area contributed by atoms with Crippen molar-refractivity contribution in [2.24, 2.45) is 0 Å². The molecule has 98 valence electrons. The van der Waals surface area contributed by atoms with Crippen LogP contribution in [0.4, 0.5) is 0 Å². The van der Waals surface area contributed by atoms with Crippen molar-refractivity contribution in [2.75, 3.05) is 0 Å². The van der Waals surface area contributed by atoms with Gasteiger partial charge in [0, 0.05) is 16.2 Å².